The van der Waals surface area contributed by atoms with E-state index in [1.165, 1.54) is 5.56 Å². The van der Waals surface area contributed by atoms with Gasteiger partial charge >= 0.3 is 0 Å². The average Bonchev–Trinajstić information content (AvgIpc) is 2.68. The molecular weight excluding hydrogens is 340 g/mol. The highest BCUT2D eigenvalue weighted by atomic mass is 16.5. The molecule has 138 valence electrons. The van der Waals surface area contributed by atoms with Crippen LogP contribution in [-0.2, 0) is 4.74 Å². The van der Waals surface area contributed by atoms with E-state index in [9.17, 15) is 5.11 Å². The molecule has 0 spiro atoms. The highest BCUT2D eigenvalue weighted by Gasteiger charge is 2.16. The van der Waals surface area contributed by atoms with Crippen molar-refractivity contribution in [2.24, 2.45) is 0 Å². The normalized spacial score (nSPS) is 14.2. The molecule has 0 aliphatic carbocycles. The van der Waals surface area contributed by atoms with Gasteiger partial charge in [-0.15, -0.1) is 0 Å². The summed E-state index contributed by atoms with van der Waals surface area (Å²) in [6.45, 7) is 5.02. The lowest BCUT2D eigenvalue weighted by molar-refractivity contribution is 0.122. The minimum atomic E-state index is 0.195. The molecule has 6 heteroatoms. The van der Waals surface area contributed by atoms with Crippen LogP contribution in [0.25, 0.3) is 11.4 Å². The predicted molar refractivity (Wildman–Crippen MR) is 107 cm³/mol. The second-order valence-electron chi connectivity index (χ2n) is 6.58. The first-order chi connectivity index (χ1) is 13.2. The Kier molecular flexibility index (Phi) is 4.89. The van der Waals surface area contributed by atoms with Crippen LogP contribution in [0.15, 0.2) is 54.6 Å². The molecule has 0 radical (unpaired) electrons. The Morgan fingerprint density at radius 1 is 1.00 bits per heavy atom. The van der Waals surface area contributed by atoms with Crippen molar-refractivity contribution in [2.75, 3.05) is 36.5 Å². The molecule has 1 aliphatic rings. The number of ether oxygens (including phenoxy) is 1. The van der Waals surface area contributed by atoms with Gasteiger partial charge in [0.05, 0.1) is 13.2 Å². The monoisotopic (exact) mass is 362 g/mol. The summed E-state index contributed by atoms with van der Waals surface area (Å²) >= 11 is 0. The Bertz CT molecular complexity index is 939. The third-order valence-electron chi connectivity index (χ3n) is 4.44. The van der Waals surface area contributed by atoms with E-state index in [0.717, 1.165) is 36.0 Å². The van der Waals surface area contributed by atoms with E-state index in [4.69, 9.17) is 9.72 Å². The number of hydrogen-bond acceptors (Lipinski definition) is 6. The molecule has 0 saturated carbocycles. The number of nitrogens with zero attached hydrogens (tertiary/aromatic N) is 3. The fraction of sp³-hybridized carbons (Fsp3) is 0.238. The van der Waals surface area contributed by atoms with E-state index in [1.54, 1.807) is 18.2 Å². The smallest absolute Gasteiger partial charge is 0.164 e. The van der Waals surface area contributed by atoms with Crippen LogP contribution in [-0.4, -0.2) is 41.4 Å². The maximum Gasteiger partial charge on any atom is 0.164 e. The largest absolute Gasteiger partial charge is 0.508 e. The summed E-state index contributed by atoms with van der Waals surface area (Å²) in [7, 11) is 0. The van der Waals surface area contributed by atoms with Gasteiger partial charge in [-0.25, -0.2) is 9.97 Å². The van der Waals surface area contributed by atoms with E-state index in [1.807, 2.05) is 24.3 Å². The summed E-state index contributed by atoms with van der Waals surface area (Å²) in [6.07, 6.45) is 0. The van der Waals surface area contributed by atoms with Crippen LogP contribution in [0, 0.1) is 6.92 Å². The van der Waals surface area contributed by atoms with Crippen LogP contribution in [0.4, 0.5) is 17.3 Å². The maximum atomic E-state index is 9.83. The minimum Gasteiger partial charge on any atom is -0.508 e. The number of morpholine rings is 1. The van der Waals surface area contributed by atoms with Crippen LogP contribution in [0.3, 0.4) is 0 Å². The van der Waals surface area contributed by atoms with Gasteiger partial charge < -0.3 is 20.1 Å². The van der Waals surface area contributed by atoms with Gasteiger partial charge in [0.25, 0.3) is 0 Å². The molecule has 4 rings (SSSR count). The van der Waals surface area contributed by atoms with Gasteiger partial charge in [0.2, 0.25) is 0 Å². The van der Waals surface area contributed by atoms with Crippen LogP contribution >= 0.6 is 0 Å². The van der Waals surface area contributed by atoms with Crippen molar-refractivity contribution in [1.29, 1.82) is 0 Å². The van der Waals surface area contributed by atoms with E-state index in [0.29, 0.717) is 19.0 Å². The zero-order valence-corrected chi connectivity index (χ0v) is 15.2. The molecule has 0 bridgehead atoms. The lowest BCUT2D eigenvalue weighted by atomic mass is 10.2. The first-order valence-electron chi connectivity index (χ1n) is 9.02. The van der Waals surface area contributed by atoms with Gasteiger partial charge in [0.1, 0.15) is 17.4 Å². The summed E-state index contributed by atoms with van der Waals surface area (Å²) in [6, 6.07) is 17.1. The average molecular weight is 362 g/mol. The third-order valence-corrected chi connectivity index (χ3v) is 4.44. The molecular formula is C21H22N4O2. The van der Waals surface area contributed by atoms with Crippen LogP contribution in [0.5, 0.6) is 5.75 Å². The van der Waals surface area contributed by atoms with Crippen molar-refractivity contribution < 1.29 is 9.84 Å². The number of aromatic nitrogens is 2. The number of phenols is 1. The van der Waals surface area contributed by atoms with Crippen molar-refractivity contribution >= 4 is 17.3 Å². The van der Waals surface area contributed by atoms with E-state index in [-0.39, 0.29) is 5.75 Å². The maximum absolute atomic E-state index is 9.83. The van der Waals surface area contributed by atoms with Crippen molar-refractivity contribution in [3.05, 3.63) is 60.2 Å². The molecule has 2 aromatic carbocycles. The Balaban J connectivity index is 1.73. The molecule has 27 heavy (non-hydrogen) atoms. The quantitative estimate of drug-likeness (QED) is 0.737. The molecule has 0 amide bonds. The number of aryl methyl sites for hydroxylation is 1. The number of anilines is 3. The van der Waals surface area contributed by atoms with Gasteiger partial charge in [-0.1, -0.05) is 24.3 Å². The standard InChI is InChI=1S/C21H22N4O2/c1-15-4-2-6-17(12-15)22-19-14-20(25-8-10-27-11-9-25)24-21(23-19)16-5-3-7-18(26)13-16/h2-7,12-14,26H,8-11H2,1H3,(H,22,23,24). The van der Waals surface area contributed by atoms with E-state index in [2.05, 4.69) is 34.3 Å². The van der Waals surface area contributed by atoms with E-state index >= 15 is 0 Å². The van der Waals surface area contributed by atoms with Crippen molar-refractivity contribution in [3.63, 3.8) is 0 Å². The molecule has 0 atom stereocenters. The summed E-state index contributed by atoms with van der Waals surface area (Å²) in [5.41, 5.74) is 2.93. The Hall–Kier alpha value is -3.12. The summed E-state index contributed by atoms with van der Waals surface area (Å²) in [5, 5.41) is 13.2. The Morgan fingerprint density at radius 2 is 1.81 bits per heavy atom. The topological polar surface area (TPSA) is 70.5 Å². The number of phenolic OH excluding ortho intramolecular Hbond substituents is 1. The summed E-state index contributed by atoms with van der Waals surface area (Å²) in [4.78, 5) is 11.6. The third kappa shape index (κ3) is 4.17. The van der Waals surface area contributed by atoms with Gasteiger partial charge in [0.15, 0.2) is 5.82 Å². The van der Waals surface area contributed by atoms with Gasteiger partial charge in [-0.05, 0) is 36.8 Å². The van der Waals surface area contributed by atoms with Gasteiger partial charge in [-0.3, -0.25) is 0 Å². The predicted octanol–water partition coefficient (Wildman–Crippen LogP) is 3.74. The van der Waals surface area contributed by atoms with Gasteiger partial charge in [-0.2, -0.15) is 0 Å². The van der Waals surface area contributed by atoms with Gasteiger partial charge in [0, 0.05) is 30.4 Å². The number of rotatable bonds is 4. The van der Waals surface area contributed by atoms with Crippen LogP contribution in [0.2, 0.25) is 0 Å². The Morgan fingerprint density at radius 3 is 2.59 bits per heavy atom. The van der Waals surface area contributed by atoms with Crippen LogP contribution in [0.1, 0.15) is 5.56 Å². The van der Waals surface area contributed by atoms with Crippen molar-refractivity contribution in [3.8, 4) is 17.1 Å². The fourth-order valence-corrected chi connectivity index (χ4v) is 3.10. The van der Waals surface area contributed by atoms with E-state index < -0.39 is 0 Å². The molecule has 3 aromatic rings. The molecule has 1 aliphatic heterocycles. The zero-order chi connectivity index (χ0) is 18.6. The summed E-state index contributed by atoms with van der Waals surface area (Å²) in [5.74, 6) is 2.34. The molecule has 1 aromatic heterocycles. The number of nitrogens with one attached hydrogen (secondary N) is 1. The SMILES string of the molecule is Cc1cccc(Nc2cc(N3CCOCC3)nc(-c3cccc(O)c3)n2)c1. The number of benzene rings is 2. The van der Waals surface area contributed by atoms with Crippen molar-refractivity contribution in [2.45, 2.75) is 6.92 Å². The fourth-order valence-electron chi connectivity index (χ4n) is 3.10. The molecule has 1 fully saturated rings. The number of hydrogen-bond donors (Lipinski definition) is 2. The first kappa shape index (κ1) is 17.3. The highest BCUT2D eigenvalue weighted by Crippen LogP contribution is 2.27. The summed E-state index contributed by atoms with van der Waals surface area (Å²) < 4.78 is 5.46. The molecule has 2 heterocycles. The molecule has 2 N–H and O–H groups in total. The lowest BCUT2D eigenvalue weighted by Crippen LogP contribution is -2.36. The Labute approximate surface area is 158 Å². The second kappa shape index (κ2) is 7.63. The number of aromatic hydroxyl groups is 1. The van der Waals surface area contributed by atoms with Crippen molar-refractivity contribution in [1.82, 2.24) is 9.97 Å². The zero-order valence-electron chi connectivity index (χ0n) is 15.2. The first-order valence-corrected chi connectivity index (χ1v) is 9.02. The molecule has 6 nitrogen and oxygen atoms in total. The second-order valence-corrected chi connectivity index (χ2v) is 6.58. The molecule has 1 saturated heterocycles. The highest BCUT2D eigenvalue weighted by molar-refractivity contribution is 5.66. The van der Waals surface area contributed by atoms with Crippen LogP contribution < -0.4 is 10.2 Å². The lowest BCUT2D eigenvalue weighted by Gasteiger charge is -2.28. The molecule has 0 unspecified atom stereocenters. The minimum absolute atomic E-state index is 0.195.